The lowest BCUT2D eigenvalue weighted by Crippen LogP contribution is -2.19. The number of aromatic carboxylic acids is 1. The quantitative estimate of drug-likeness (QED) is 0.572. The molecule has 0 aliphatic rings. The highest BCUT2D eigenvalue weighted by Gasteiger charge is 2.10. The number of nitrogens with zero attached hydrogens (tertiary/aromatic N) is 1. The van der Waals surface area contributed by atoms with Crippen molar-refractivity contribution in [1.82, 2.24) is 15.2 Å². The molecule has 0 aliphatic carbocycles. The van der Waals surface area contributed by atoms with Gasteiger partial charge in [0.05, 0.1) is 22.0 Å². The summed E-state index contributed by atoms with van der Waals surface area (Å²) in [5.74, 6) is -0.829. The van der Waals surface area contributed by atoms with E-state index in [9.17, 15) is 14.4 Å². The topological polar surface area (TPSA) is 128 Å². The van der Waals surface area contributed by atoms with Crippen LogP contribution >= 0.6 is 0 Å². The SMILES string of the molecule is O=C(O)c1ccnc(Nc2cccc3c(=O)[nH][nH]c(=O)c23)c1. The molecule has 3 aromatic rings. The summed E-state index contributed by atoms with van der Waals surface area (Å²) in [5.41, 5.74) is -0.470. The van der Waals surface area contributed by atoms with Gasteiger partial charge in [0.1, 0.15) is 5.82 Å². The number of hydrogen-bond donors (Lipinski definition) is 4. The molecule has 0 atom stereocenters. The number of H-pyrrole nitrogens is 2. The Labute approximate surface area is 122 Å². The first-order valence-electron chi connectivity index (χ1n) is 6.26. The van der Waals surface area contributed by atoms with Crippen LogP contribution in [0.2, 0.25) is 0 Å². The van der Waals surface area contributed by atoms with Crippen LogP contribution in [0.3, 0.4) is 0 Å². The first-order valence-corrected chi connectivity index (χ1v) is 6.26. The highest BCUT2D eigenvalue weighted by Crippen LogP contribution is 2.21. The Balaban J connectivity index is 2.14. The van der Waals surface area contributed by atoms with Gasteiger partial charge in [-0.15, -0.1) is 0 Å². The van der Waals surface area contributed by atoms with E-state index in [4.69, 9.17) is 5.11 Å². The van der Waals surface area contributed by atoms with E-state index in [1.54, 1.807) is 12.1 Å². The van der Waals surface area contributed by atoms with Gasteiger partial charge >= 0.3 is 5.97 Å². The van der Waals surface area contributed by atoms with Crippen LogP contribution in [0, 0.1) is 0 Å². The maximum atomic E-state index is 11.9. The van der Waals surface area contributed by atoms with Crippen LogP contribution in [0.5, 0.6) is 0 Å². The van der Waals surface area contributed by atoms with Gasteiger partial charge in [-0.1, -0.05) is 6.07 Å². The second-order valence-corrected chi connectivity index (χ2v) is 4.50. The monoisotopic (exact) mass is 298 g/mol. The molecule has 2 heterocycles. The summed E-state index contributed by atoms with van der Waals surface area (Å²) >= 11 is 0. The number of carboxylic acid groups (broad SMARTS) is 1. The Bertz CT molecular complexity index is 990. The molecule has 0 aliphatic heterocycles. The van der Waals surface area contributed by atoms with Gasteiger partial charge in [-0.3, -0.25) is 19.8 Å². The molecule has 1 aromatic carbocycles. The molecule has 8 heteroatoms. The van der Waals surface area contributed by atoms with E-state index in [0.717, 1.165) is 0 Å². The van der Waals surface area contributed by atoms with Crippen molar-refractivity contribution in [3.63, 3.8) is 0 Å². The van der Waals surface area contributed by atoms with Crippen LogP contribution in [0.1, 0.15) is 10.4 Å². The van der Waals surface area contributed by atoms with Crippen LogP contribution in [-0.4, -0.2) is 26.3 Å². The minimum Gasteiger partial charge on any atom is -0.478 e. The van der Waals surface area contributed by atoms with Gasteiger partial charge in [0.15, 0.2) is 0 Å². The molecule has 4 N–H and O–H groups in total. The highest BCUT2D eigenvalue weighted by molar-refractivity contribution is 5.94. The molecule has 3 rings (SSSR count). The molecule has 0 spiro atoms. The lowest BCUT2D eigenvalue weighted by atomic mass is 10.1. The van der Waals surface area contributed by atoms with Gasteiger partial charge in [0, 0.05) is 6.20 Å². The molecular formula is C14H10N4O4. The molecule has 0 bridgehead atoms. The maximum absolute atomic E-state index is 11.9. The van der Waals surface area contributed by atoms with E-state index in [-0.39, 0.29) is 22.2 Å². The number of rotatable bonds is 3. The van der Waals surface area contributed by atoms with Crippen LogP contribution < -0.4 is 16.4 Å². The third-order valence-corrected chi connectivity index (χ3v) is 3.10. The fourth-order valence-electron chi connectivity index (χ4n) is 2.10. The molecule has 110 valence electrons. The molecule has 22 heavy (non-hydrogen) atoms. The fraction of sp³-hybridized carbons (Fsp3) is 0. The van der Waals surface area contributed by atoms with Crippen molar-refractivity contribution >= 4 is 28.2 Å². The molecule has 8 nitrogen and oxygen atoms in total. The number of benzene rings is 1. The Morgan fingerprint density at radius 2 is 1.91 bits per heavy atom. The minimum atomic E-state index is -1.09. The predicted octanol–water partition coefficient (Wildman–Crippen LogP) is 1.05. The molecule has 2 aromatic heterocycles. The van der Waals surface area contributed by atoms with E-state index in [1.165, 1.54) is 24.4 Å². The number of hydrogen-bond acceptors (Lipinski definition) is 5. The zero-order chi connectivity index (χ0) is 15.7. The fourth-order valence-corrected chi connectivity index (χ4v) is 2.10. The minimum absolute atomic E-state index is 0.0597. The molecular weight excluding hydrogens is 288 g/mol. The van der Waals surface area contributed by atoms with Gasteiger partial charge in [-0.2, -0.15) is 0 Å². The summed E-state index contributed by atoms with van der Waals surface area (Å²) in [6.45, 7) is 0. The Morgan fingerprint density at radius 1 is 1.14 bits per heavy atom. The van der Waals surface area contributed by atoms with Crippen molar-refractivity contribution in [2.45, 2.75) is 0 Å². The average molecular weight is 298 g/mol. The maximum Gasteiger partial charge on any atom is 0.335 e. The number of nitrogens with one attached hydrogen (secondary N) is 3. The van der Waals surface area contributed by atoms with Crippen LogP contribution in [0.15, 0.2) is 46.1 Å². The zero-order valence-electron chi connectivity index (χ0n) is 11.1. The van der Waals surface area contributed by atoms with E-state index in [2.05, 4.69) is 20.5 Å². The molecule has 0 unspecified atom stereocenters. The number of fused-ring (bicyclic) bond motifs is 1. The van der Waals surface area contributed by atoms with Crippen LogP contribution in [-0.2, 0) is 0 Å². The highest BCUT2D eigenvalue weighted by atomic mass is 16.4. The lowest BCUT2D eigenvalue weighted by molar-refractivity contribution is 0.0697. The normalized spacial score (nSPS) is 10.5. The third kappa shape index (κ3) is 2.33. The van der Waals surface area contributed by atoms with Crippen molar-refractivity contribution in [1.29, 1.82) is 0 Å². The zero-order valence-corrected chi connectivity index (χ0v) is 11.1. The number of carbonyl (C=O) groups is 1. The van der Waals surface area contributed by atoms with Gasteiger partial charge < -0.3 is 10.4 Å². The van der Waals surface area contributed by atoms with Crippen molar-refractivity contribution in [2.24, 2.45) is 0 Å². The largest absolute Gasteiger partial charge is 0.478 e. The number of anilines is 2. The first kappa shape index (κ1) is 13.6. The number of aromatic amines is 2. The summed E-state index contributed by atoms with van der Waals surface area (Å²) in [4.78, 5) is 38.6. The summed E-state index contributed by atoms with van der Waals surface area (Å²) in [5, 5.41) is 16.7. The van der Waals surface area contributed by atoms with Crippen LogP contribution in [0.4, 0.5) is 11.5 Å². The van der Waals surface area contributed by atoms with Crippen molar-refractivity contribution in [3.8, 4) is 0 Å². The van der Waals surface area contributed by atoms with E-state index < -0.39 is 17.1 Å². The molecule has 0 saturated heterocycles. The second-order valence-electron chi connectivity index (χ2n) is 4.50. The number of carboxylic acids is 1. The average Bonchev–Trinajstić information content (AvgIpc) is 2.51. The number of aromatic nitrogens is 3. The molecule has 0 fully saturated rings. The summed E-state index contributed by atoms with van der Waals surface area (Å²) < 4.78 is 0. The summed E-state index contributed by atoms with van der Waals surface area (Å²) in [6.07, 6.45) is 1.34. The smallest absolute Gasteiger partial charge is 0.335 e. The Morgan fingerprint density at radius 3 is 2.68 bits per heavy atom. The molecule has 0 radical (unpaired) electrons. The molecule has 0 amide bonds. The Kier molecular flexibility index (Phi) is 3.18. The summed E-state index contributed by atoms with van der Waals surface area (Å²) in [7, 11) is 0. The van der Waals surface area contributed by atoms with Gasteiger partial charge in [-0.25, -0.2) is 9.78 Å². The standard InChI is InChI=1S/C14H10N4O4/c19-12-8-2-1-3-9(11(8)13(20)18-17-12)16-10-6-7(14(21)22)4-5-15-10/h1-6H,(H,15,16)(H,17,19)(H,18,20)(H,21,22). The first-order chi connectivity index (χ1) is 10.6. The second kappa shape index (κ2) is 5.17. The van der Waals surface area contributed by atoms with Gasteiger partial charge in [-0.05, 0) is 24.3 Å². The Hall–Kier alpha value is -3.42. The van der Waals surface area contributed by atoms with Crippen molar-refractivity contribution in [2.75, 3.05) is 5.32 Å². The van der Waals surface area contributed by atoms with Crippen molar-refractivity contribution in [3.05, 3.63) is 62.8 Å². The van der Waals surface area contributed by atoms with Gasteiger partial charge in [0.25, 0.3) is 11.1 Å². The third-order valence-electron chi connectivity index (χ3n) is 3.10. The summed E-state index contributed by atoms with van der Waals surface area (Å²) in [6, 6.07) is 7.43. The lowest BCUT2D eigenvalue weighted by Gasteiger charge is -2.08. The van der Waals surface area contributed by atoms with E-state index >= 15 is 0 Å². The van der Waals surface area contributed by atoms with E-state index in [1.807, 2.05) is 0 Å². The van der Waals surface area contributed by atoms with E-state index in [0.29, 0.717) is 5.69 Å². The number of pyridine rings is 1. The molecule has 0 saturated carbocycles. The van der Waals surface area contributed by atoms with Crippen molar-refractivity contribution < 1.29 is 9.90 Å². The van der Waals surface area contributed by atoms with Gasteiger partial charge in [0.2, 0.25) is 0 Å². The predicted molar refractivity (Wildman–Crippen MR) is 79.7 cm³/mol. The van der Waals surface area contributed by atoms with Crippen LogP contribution in [0.25, 0.3) is 10.8 Å².